The van der Waals surface area contributed by atoms with E-state index in [0.717, 1.165) is 48.1 Å². The molecule has 2 amide bonds. The highest BCUT2D eigenvalue weighted by molar-refractivity contribution is 5.75. The van der Waals surface area contributed by atoms with Gasteiger partial charge in [0.25, 0.3) is 0 Å². The van der Waals surface area contributed by atoms with Gasteiger partial charge >= 0.3 is 6.03 Å². The number of aliphatic hydroxyl groups excluding tert-OH is 5. The lowest BCUT2D eigenvalue weighted by Crippen LogP contribution is -2.47. The number of amides is 2. The summed E-state index contributed by atoms with van der Waals surface area (Å²) in [6.45, 7) is 2.54. The van der Waals surface area contributed by atoms with Gasteiger partial charge in [0, 0.05) is 62.3 Å². The number of aryl methyl sites for hydroxylation is 1. The maximum Gasteiger partial charge on any atom is 0.314 e. The number of rotatable bonds is 19. The Kier molecular flexibility index (Phi) is 12.4. The number of ether oxygens (including phenoxy) is 1. The normalized spacial score (nSPS) is 17.6. The number of benzene rings is 2. The van der Waals surface area contributed by atoms with Gasteiger partial charge in [-0.25, -0.2) is 4.79 Å². The summed E-state index contributed by atoms with van der Waals surface area (Å²) in [4.78, 5) is 16.7. The first-order chi connectivity index (χ1) is 23.2. The SMILES string of the molecule is Cc1ccc(C(CO)CCCNC(=O)NCC(O)C(O)C(O)CCO)cc1CNC1(c2cnccc2-c2ccccc2OC2CC2)CC1. The molecule has 8 N–H and O–H groups in total. The van der Waals surface area contributed by atoms with Gasteiger partial charge in [-0.3, -0.25) is 4.98 Å². The van der Waals surface area contributed by atoms with Gasteiger partial charge < -0.3 is 46.2 Å². The van der Waals surface area contributed by atoms with E-state index in [4.69, 9.17) is 9.84 Å². The van der Waals surface area contributed by atoms with Crippen LogP contribution in [-0.4, -0.2) is 87.3 Å². The molecule has 2 aromatic carbocycles. The molecule has 0 bridgehead atoms. The van der Waals surface area contributed by atoms with Crippen LogP contribution in [0.5, 0.6) is 5.75 Å². The second-order valence-electron chi connectivity index (χ2n) is 13.2. The van der Waals surface area contributed by atoms with Crippen LogP contribution in [0.3, 0.4) is 0 Å². The topological polar surface area (TPSA) is 176 Å². The summed E-state index contributed by atoms with van der Waals surface area (Å²) >= 11 is 0. The van der Waals surface area contributed by atoms with Crippen molar-refractivity contribution in [3.05, 3.63) is 83.2 Å². The van der Waals surface area contributed by atoms with E-state index < -0.39 is 24.3 Å². The van der Waals surface area contributed by atoms with Gasteiger partial charge in [-0.05, 0) is 91.8 Å². The van der Waals surface area contributed by atoms with Gasteiger partial charge in [0.15, 0.2) is 0 Å². The summed E-state index contributed by atoms with van der Waals surface area (Å²) in [5.41, 5.74) is 6.63. The Hall–Kier alpha value is -3.58. The molecule has 2 aliphatic rings. The highest BCUT2D eigenvalue weighted by atomic mass is 16.5. The predicted molar refractivity (Wildman–Crippen MR) is 182 cm³/mol. The molecule has 0 saturated heterocycles. The van der Waals surface area contributed by atoms with Gasteiger partial charge in [0.2, 0.25) is 0 Å². The van der Waals surface area contributed by atoms with Crippen LogP contribution >= 0.6 is 0 Å². The van der Waals surface area contributed by atoms with Crippen LogP contribution in [-0.2, 0) is 12.1 Å². The van der Waals surface area contributed by atoms with Crippen molar-refractivity contribution in [2.45, 2.75) is 94.3 Å². The molecule has 2 fully saturated rings. The van der Waals surface area contributed by atoms with Gasteiger partial charge in [-0.1, -0.05) is 36.4 Å². The lowest BCUT2D eigenvalue weighted by Gasteiger charge is -2.23. The van der Waals surface area contributed by atoms with E-state index in [2.05, 4.69) is 70.3 Å². The van der Waals surface area contributed by atoms with Crippen LogP contribution < -0.4 is 20.7 Å². The van der Waals surface area contributed by atoms with E-state index in [0.29, 0.717) is 32.0 Å². The molecule has 11 nitrogen and oxygen atoms in total. The van der Waals surface area contributed by atoms with Crippen LogP contribution in [0.2, 0.25) is 0 Å². The summed E-state index contributed by atoms with van der Waals surface area (Å²) in [5, 5.41) is 57.7. The maximum absolute atomic E-state index is 12.2. The van der Waals surface area contributed by atoms with Gasteiger partial charge in [-0.15, -0.1) is 0 Å². The van der Waals surface area contributed by atoms with Crippen molar-refractivity contribution >= 4 is 6.03 Å². The van der Waals surface area contributed by atoms with Crippen molar-refractivity contribution in [2.24, 2.45) is 0 Å². The van der Waals surface area contributed by atoms with E-state index >= 15 is 0 Å². The fourth-order valence-electron chi connectivity index (χ4n) is 6.09. The summed E-state index contributed by atoms with van der Waals surface area (Å²) < 4.78 is 6.26. The molecule has 1 aromatic heterocycles. The Morgan fingerprint density at radius 3 is 2.52 bits per heavy atom. The number of para-hydroxylation sites is 1. The van der Waals surface area contributed by atoms with E-state index in [-0.39, 0.29) is 37.6 Å². The highest BCUT2D eigenvalue weighted by Crippen LogP contribution is 2.50. The van der Waals surface area contributed by atoms with Crippen molar-refractivity contribution in [1.29, 1.82) is 0 Å². The number of hydrogen-bond donors (Lipinski definition) is 8. The highest BCUT2D eigenvalue weighted by Gasteiger charge is 2.46. The van der Waals surface area contributed by atoms with E-state index in [1.54, 1.807) is 0 Å². The number of aromatic nitrogens is 1. The lowest BCUT2D eigenvalue weighted by molar-refractivity contribution is -0.0634. The molecule has 2 saturated carbocycles. The first kappa shape index (κ1) is 35.7. The van der Waals surface area contributed by atoms with Crippen LogP contribution in [0.1, 0.15) is 73.1 Å². The average molecular weight is 663 g/mol. The van der Waals surface area contributed by atoms with Crippen LogP contribution in [0, 0.1) is 6.92 Å². The first-order valence-corrected chi connectivity index (χ1v) is 17.1. The zero-order valence-electron chi connectivity index (χ0n) is 27.6. The first-order valence-electron chi connectivity index (χ1n) is 17.1. The Morgan fingerprint density at radius 2 is 1.79 bits per heavy atom. The number of carbonyl (C=O) groups is 1. The molecule has 2 aliphatic carbocycles. The molecule has 4 unspecified atom stereocenters. The minimum Gasteiger partial charge on any atom is -0.490 e. The number of nitrogens with zero attached hydrogens (tertiary/aromatic N) is 1. The molecule has 3 aromatic rings. The minimum absolute atomic E-state index is 0.0201. The molecule has 5 rings (SSSR count). The number of aliphatic hydroxyl groups is 5. The summed E-state index contributed by atoms with van der Waals surface area (Å²) in [5.74, 6) is 0.823. The molecule has 260 valence electrons. The number of carbonyl (C=O) groups excluding carboxylic acids is 1. The molecule has 1 heterocycles. The van der Waals surface area contributed by atoms with Crippen molar-refractivity contribution in [3.8, 4) is 16.9 Å². The number of hydrogen-bond acceptors (Lipinski definition) is 9. The van der Waals surface area contributed by atoms with Crippen molar-refractivity contribution in [1.82, 2.24) is 20.9 Å². The standard InChI is InChI=1S/C37H50N4O7/c1-24-8-9-25(26(23-43)5-4-16-39-36(47)40-22-33(45)35(46)32(44)13-18-42)19-27(24)20-41-37(14-15-37)31-21-38-17-12-29(31)30-6-2-3-7-34(30)48-28-10-11-28/h2-3,6-9,12,17,19,21,26,28,32-33,35,41-46H,4-5,10-11,13-16,18,20,22-23H2,1H3,(H2,39,40,47). The van der Waals surface area contributed by atoms with Crippen LogP contribution in [0.15, 0.2) is 60.9 Å². The summed E-state index contributed by atoms with van der Waals surface area (Å²) in [7, 11) is 0. The second kappa shape index (κ2) is 16.7. The third-order valence-electron chi connectivity index (χ3n) is 9.46. The molecule has 11 heteroatoms. The van der Waals surface area contributed by atoms with Crippen LogP contribution in [0.25, 0.3) is 11.1 Å². The average Bonchev–Trinajstić information content (AvgIpc) is 4.05. The van der Waals surface area contributed by atoms with Crippen molar-refractivity contribution in [3.63, 3.8) is 0 Å². The molecule has 48 heavy (non-hydrogen) atoms. The molecular weight excluding hydrogens is 612 g/mol. The predicted octanol–water partition coefficient (Wildman–Crippen LogP) is 3.00. The van der Waals surface area contributed by atoms with E-state index in [1.165, 1.54) is 16.7 Å². The van der Waals surface area contributed by atoms with Gasteiger partial charge in [-0.2, -0.15) is 0 Å². The molecule has 0 spiro atoms. The zero-order valence-corrected chi connectivity index (χ0v) is 27.6. The Morgan fingerprint density at radius 1 is 1.00 bits per heavy atom. The van der Waals surface area contributed by atoms with Gasteiger partial charge in [0.05, 0.1) is 18.3 Å². The third kappa shape index (κ3) is 9.31. The Labute approximate surface area is 282 Å². The smallest absolute Gasteiger partial charge is 0.314 e. The van der Waals surface area contributed by atoms with Crippen molar-refractivity contribution in [2.75, 3.05) is 26.3 Å². The number of nitrogens with one attached hydrogen (secondary N) is 3. The quantitative estimate of drug-likeness (QED) is 0.0897. The third-order valence-corrected chi connectivity index (χ3v) is 9.46. The summed E-state index contributed by atoms with van der Waals surface area (Å²) in [6.07, 6.45) is 5.45. The lowest BCUT2D eigenvalue weighted by atomic mass is 9.91. The second-order valence-corrected chi connectivity index (χ2v) is 13.2. The molecular formula is C37H50N4O7. The fourth-order valence-corrected chi connectivity index (χ4v) is 6.09. The molecule has 0 radical (unpaired) electrons. The number of pyridine rings is 1. The van der Waals surface area contributed by atoms with Gasteiger partial charge in [0.1, 0.15) is 11.9 Å². The monoisotopic (exact) mass is 662 g/mol. The molecule has 4 atom stereocenters. The summed E-state index contributed by atoms with van der Waals surface area (Å²) in [6, 6.07) is 16.1. The Bertz CT molecular complexity index is 1500. The van der Waals surface area contributed by atoms with E-state index in [1.807, 2.05) is 18.5 Å². The molecule has 0 aliphatic heterocycles. The fraction of sp³-hybridized carbons (Fsp3) is 0.514. The Balaban J connectivity index is 1.15. The number of urea groups is 1. The maximum atomic E-state index is 12.2. The zero-order chi connectivity index (χ0) is 34.1. The van der Waals surface area contributed by atoms with E-state index in [9.17, 15) is 25.2 Å². The van der Waals surface area contributed by atoms with Crippen molar-refractivity contribution < 1.29 is 35.1 Å². The van der Waals surface area contributed by atoms with Crippen LogP contribution in [0.4, 0.5) is 4.79 Å². The minimum atomic E-state index is -1.48. The largest absolute Gasteiger partial charge is 0.490 e.